The molecule has 0 heterocycles. The molecule has 178 valence electrons. The lowest BCUT2D eigenvalue weighted by atomic mass is 9.98. The number of ether oxygens (including phenoxy) is 2. The van der Waals surface area contributed by atoms with Crippen LogP contribution in [-0.4, -0.2) is 31.3 Å². The molecule has 0 saturated carbocycles. The van der Waals surface area contributed by atoms with Crippen molar-refractivity contribution < 1.29 is 24.2 Å². The molecule has 0 saturated heterocycles. The summed E-state index contributed by atoms with van der Waals surface area (Å²) >= 11 is 2.25. The van der Waals surface area contributed by atoms with Crippen molar-refractivity contribution in [2.24, 2.45) is 0 Å². The fourth-order valence-electron chi connectivity index (χ4n) is 3.50. The molecule has 5 nitrogen and oxygen atoms in total. The number of carboxylic acid groups (broad SMARTS) is 1. The third-order valence-electron chi connectivity index (χ3n) is 5.35. The molecule has 0 aliphatic carbocycles. The van der Waals surface area contributed by atoms with Gasteiger partial charge < -0.3 is 14.6 Å². The van der Waals surface area contributed by atoms with Gasteiger partial charge in [-0.2, -0.15) is 0 Å². The van der Waals surface area contributed by atoms with E-state index in [4.69, 9.17) is 14.6 Å². The van der Waals surface area contributed by atoms with E-state index in [1.165, 1.54) is 7.11 Å². The van der Waals surface area contributed by atoms with E-state index in [1.807, 2.05) is 73.7 Å². The van der Waals surface area contributed by atoms with Gasteiger partial charge in [0.15, 0.2) is 0 Å². The molecule has 0 atom stereocenters. The minimum atomic E-state index is -0.894. The van der Waals surface area contributed by atoms with Crippen LogP contribution in [0.25, 0.3) is 22.3 Å². The first-order chi connectivity index (χ1) is 16.8. The van der Waals surface area contributed by atoms with Crippen molar-refractivity contribution in [3.05, 3.63) is 111 Å². The van der Waals surface area contributed by atoms with Crippen LogP contribution < -0.4 is 4.74 Å². The Morgan fingerprint density at radius 1 is 0.743 bits per heavy atom. The fraction of sp³-hybridized carbons (Fsp3) is 0.103. The molecule has 0 fully saturated rings. The van der Waals surface area contributed by atoms with Crippen molar-refractivity contribution in [3.8, 4) is 28.0 Å². The number of methoxy groups -OCH3 is 2. The summed E-state index contributed by atoms with van der Waals surface area (Å²) in [5.74, 6) is -0.350. The predicted octanol–water partition coefficient (Wildman–Crippen LogP) is 7.11. The molecule has 0 unspecified atom stereocenters. The van der Waals surface area contributed by atoms with Gasteiger partial charge >= 0.3 is 11.9 Å². The van der Waals surface area contributed by atoms with Crippen molar-refractivity contribution in [1.29, 1.82) is 0 Å². The smallest absolute Gasteiger partial charge is 0.337 e. The highest BCUT2D eigenvalue weighted by atomic mass is 127. The van der Waals surface area contributed by atoms with Crippen LogP contribution in [0.4, 0.5) is 0 Å². The third-order valence-corrected chi connectivity index (χ3v) is 6.19. The molecule has 0 radical (unpaired) electrons. The highest BCUT2D eigenvalue weighted by Crippen LogP contribution is 2.30. The van der Waals surface area contributed by atoms with E-state index in [1.54, 1.807) is 25.3 Å². The predicted molar refractivity (Wildman–Crippen MR) is 146 cm³/mol. The second-order valence-corrected chi connectivity index (χ2v) is 8.78. The van der Waals surface area contributed by atoms with Crippen LogP contribution >= 0.6 is 22.6 Å². The fourth-order valence-corrected chi connectivity index (χ4v) is 4.24. The standard InChI is InChI=1S/C16H15IO3.C13H10O2/c1-10-8-12(16(18)20-3)4-6-13(10)11-5-7-15(19-2)14(17)9-11;14-13(15)12-8-6-11(7-9-12)10-4-2-1-3-5-10/h4-9H,1-3H3;1-9H,(H,14,15). The van der Waals surface area contributed by atoms with Crippen LogP contribution in [0, 0.1) is 10.5 Å². The van der Waals surface area contributed by atoms with Gasteiger partial charge in [-0.15, -0.1) is 0 Å². The quantitative estimate of drug-likeness (QED) is 0.201. The van der Waals surface area contributed by atoms with Crippen LogP contribution in [0.1, 0.15) is 26.3 Å². The van der Waals surface area contributed by atoms with E-state index in [-0.39, 0.29) is 5.97 Å². The largest absolute Gasteiger partial charge is 0.496 e. The number of esters is 1. The molecule has 0 aliphatic heterocycles. The highest BCUT2D eigenvalue weighted by Gasteiger charge is 2.10. The number of halogens is 1. The number of rotatable bonds is 5. The van der Waals surface area contributed by atoms with E-state index < -0.39 is 5.97 Å². The zero-order valence-electron chi connectivity index (χ0n) is 19.6. The number of carbonyl (C=O) groups is 2. The van der Waals surface area contributed by atoms with Crippen LogP contribution in [0.2, 0.25) is 0 Å². The van der Waals surface area contributed by atoms with E-state index in [2.05, 4.69) is 28.7 Å². The summed E-state index contributed by atoms with van der Waals surface area (Å²) in [5.41, 5.74) is 6.23. The molecule has 4 aromatic carbocycles. The van der Waals surface area contributed by atoms with Crippen molar-refractivity contribution in [2.75, 3.05) is 14.2 Å². The number of aryl methyl sites for hydroxylation is 1. The molecule has 4 aromatic rings. The summed E-state index contributed by atoms with van der Waals surface area (Å²) < 4.78 is 11.0. The number of benzene rings is 4. The van der Waals surface area contributed by atoms with Gasteiger partial charge in [0.2, 0.25) is 0 Å². The Kier molecular flexibility index (Phi) is 9.03. The maximum Gasteiger partial charge on any atom is 0.337 e. The summed E-state index contributed by atoms with van der Waals surface area (Å²) in [5, 5.41) is 8.75. The monoisotopic (exact) mass is 580 g/mol. The summed E-state index contributed by atoms with van der Waals surface area (Å²) in [4.78, 5) is 22.2. The van der Waals surface area contributed by atoms with E-state index in [9.17, 15) is 9.59 Å². The lowest BCUT2D eigenvalue weighted by Gasteiger charge is -2.10. The molecule has 0 aromatic heterocycles. The number of carboxylic acids is 1. The summed E-state index contributed by atoms with van der Waals surface area (Å²) in [6, 6.07) is 28.3. The third kappa shape index (κ3) is 6.70. The van der Waals surface area contributed by atoms with Gasteiger partial charge in [-0.3, -0.25) is 0 Å². The van der Waals surface area contributed by atoms with Gasteiger partial charge in [-0.25, -0.2) is 9.59 Å². The molecule has 0 bridgehead atoms. The zero-order chi connectivity index (χ0) is 25.4. The van der Waals surface area contributed by atoms with Crippen LogP contribution in [0.3, 0.4) is 0 Å². The van der Waals surface area contributed by atoms with Crippen LogP contribution in [0.5, 0.6) is 5.75 Å². The molecule has 6 heteroatoms. The lowest BCUT2D eigenvalue weighted by Crippen LogP contribution is -2.01. The van der Waals surface area contributed by atoms with Crippen molar-refractivity contribution in [2.45, 2.75) is 6.92 Å². The maximum absolute atomic E-state index is 11.5. The summed E-state index contributed by atoms with van der Waals surface area (Å²) in [6.07, 6.45) is 0. The van der Waals surface area contributed by atoms with Gasteiger partial charge in [-0.05, 0) is 93.7 Å². The Labute approximate surface area is 218 Å². The van der Waals surface area contributed by atoms with Crippen molar-refractivity contribution in [3.63, 3.8) is 0 Å². The molecule has 4 rings (SSSR count). The Morgan fingerprint density at radius 2 is 1.34 bits per heavy atom. The number of carbonyl (C=O) groups excluding carboxylic acids is 1. The second-order valence-electron chi connectivity index (χ2n) is 7.62. The molecular weight excluding hydrogens is 555 g/mol. The Morgan fingerprint density at radius 3 is 1.89 bits per heavy atom. The average molecular weight is 580 g/mol. The van der Waals surface area contributed by atoms with Gasteiger partial charge in [0.25, 0.3) is 0 Å². The lowest BCUT2D eigenvalue weighted by molar-refractivity contribution is 0.0599. The van der Waals surface area contributed by atoms with Gasteiger partial charge in [0.1, 0.15) is 5.75 Å². The molecule has 0 aliphatic rings. The average Bonchev–Trinajstić information content (AvgIpc) is 2.89. The van der Waals surface area contributed by atoms with Crippen LogP contribution in [0.15, 0.2) is 91.0 Å². The molecule has 1 N–H and O–H groups in total. The maximum atomic E-state index is 11.5. The minimum absolute atomic E-state index is 0.315. The first-order valence-electron chi connectivity index (χ1n) is 10.8. The Bertz CT molecular complexity index is 1310. The highest BCUT2D eigenvalue weighted by molar-refractivity contribution is 14.1. The topological polar surface area (TPSA) is 72.8 Å². The Balaban J connectivity index is 0.000000203. The zero-order valence-corrected chi connectivity index (χ0v) is 21.8. The summed E-state index contributed by atoms with van der Waals surface area (Å²) in [6.45, 7) is 1.98. The first-order valence-corrected chi connectivity index (χ1v) is 11.8. The minimum Gasteiger partial charge on any atom is -0.496 e. The molecule has 0 amide bonds. The number of hydrogen-bond donors (Lipinski definition) is 1. The van der Waals surface area contributed by atoms with E-state index >= 15 is 0 Å². The molecule has 0 spiro atoms. The van der Waals surface area contributed by atoms with Gasteiger partial charge in [-0.1, -0.05) is 54.6 Å². The van der Waals surface area contributed by atoms with E-state index in [0.29, 0.717) is 11.1 Å². The van der Waals surface area contributed by atoms with Crippen LogP contribution in [-0.2, 0) is 4.74 Å². The van der Waals surface area contributed by atoms with Crippen molar-refractivity contribution >= 4 is 34.5 Å². The SMILES string of the molecule is COC(=O)c1ccc(-c2ccc(OC)c(I)c2)c(C)c1.O=C(O)c1ccc(-c2ccccc2)cc1. The normalized spacial score (nSPS) is 10.1. The van der Waals surface area contributed by atoms with Gasteiger partial charge in [0, 0.05) is 0 Å². The summed E-state index contributed by atoms with van der Waals surface area (Å²) in [7, 11) is 3.05. The Hall–Kier alpha value is -3.65. The molecular formula is C29H25IO5. The molecule has 35 heavy (non-hydrogen) atoms. The number of hydrogen-bond acceptors (Lipinski definition) is 4. The van der Waals surface area contributed by atoms with E-state index in [0.717, 1.165) is 37.1 Å². The van der Waals surface area contributed by atoms with Crippen molar-refractivity contribution in [1.82, 2.24) is 0 Å². The second kappa shape index (κ2) is 12.2. The first kappa shape index (κ1) is 26.0. The van der Waals surface area contributed by atoms with Gasteiger partial charge in [0.05, 0.1) is 28.9 Å². The number of aromatic carboxylic acids is 1.